The molecule has 2 rings (SSSR count). The van der Waals surface area contributed by atoms with E-state index in [4.69, 9.17) is 21.1 Å². The SMILES string of the molecule is COc1ccc(C(Br)CCC2CCCC2)c(OC)c1Cl. The van der Waals surface area contributed by atoms with Crippen molar-refractivity contribution >= 4 is 27.5 Å². The van der Waals surface area contributed by atoms with Gasteiger partial charge in [-0.25, -0.2) is 0 Å². The predicted molar refractivity (Wildman–Crippen MR) is 87.4 cm³/mol. The lowest BCUT2D eigenvalue weighted by atomic mass is 9.98. The molecule has 1 aromatic rings. The van der Waals surface area contributed by atoms with E-state index in [9.17, 15) is 0 Å². The fraction of sp³-hybridized carbons (Fsp3) is 0.625. The van der Waals surface area contributed by atoms with Gasteiger partial charge < -0.3 is 9.47 Å². The Morgan fingerprint density at radius 1 is 1.25 bits per heavy atom. The van der Waals surface area contributed by atoms with Gasteiger partial charge in [0.2, 0.25) is 0 Å². The van der Waals surface area contributed by atoms with Crippen molar-refractivity contribution in [2.75, 3.05) is 14.2 Å². The molecule has 4 heteroatoms. The van der Waals surface area contributed by atoms with Gasteiger partial charge in [0.05, 0.1) is 14.2 Å². The van der Waals surface area contributed by atoms with E-state index in [-0.39, 0.29) is 4.83 Å². The Labute approximate surface area is 134 Å². The molecule has 0 spiro atoms. The molecule has 1 aliphatic rings. The molecule has 0 bridgehead atoms. The standard InChI is InChI=1S/C16H22BrClO2/c1-19-14-10-8-12(16(20-2)15(14)18)13(17)9-7-11-5-3-4-6-11/h8,10-11,13H,3-7,9H2,1-2H3. The summed E-state index contributed by atoms with van der Waals surface area (Å²) in [6.07, 6.45) is 7.96. The van der Waals surface area contributed by atoms with Gasteiger partial charge in [-0.15, -0.1) is 0 Å². The van der Waals surface area contributed by atoms with Gasteiger partial charge >= 0.3 is 0 Å². The minimum atomic E-state index is 0.279. The van der Waals surface area contributed by atoms with Crippen molar-refractivity contribution in [2.45, 2.75) is 43.4 Å². The Morgan fingerprint density at radius 3 is 2.55 bits per heavy atom. The number of benzene rings is 1. The van der Waals surface area contributed by atoms with Crippen molar-refractivity contribution in [3.8, 4) is 11.5 Å². The van der Waals surface area contributed by atoms with Crippen molar-refractivity contribution in [1.29, 1.82) is 0 Å². The number of hydrogen-bond acceptors (Lipinski definition) is 2. The zero-order chi connectivity index (χ0) is 14.5. The maximum Gasteiger partial charge on any atom is 0.145 e. The average Bonchev–Trinajstić information content (AvgIpc) is 2.97. The fourth-order valence-electron chi connectivity index (χ4n) is 3.00. The Balaban J connectivity index is 2.08. The van der Waals surface area contributed by atoms with Crippen LogP contribution in [0.1, 0.15) is 48.9 Å². The molecule has 0 saturated heterocycles. The molecule has 0 amide bonds. The second-order valence-electron chi connectivity index (χ2n) is 5.40. The number of hydrogen-bond donors (Lipinski definition) is 0. The Kier molecular flexibility index (Phi) is 6.03. The lowest BCUT2D eigenvalue weighted by molar-refractivity contribution is 0.390. The Bertz CT molecular complexity index is 444. The summed E-state index contributed by atoms with van der Waals surface area (Å²) in [5, 5.41) is 0.554. The topological polar surface area (TPSA) is 18.5 Å². The van der Waals surface area contributed by atoms with Crippen molar-refractivity contribution in [1.82, 2.24) is 0 Å². The van der Waals surface area contributed by atoms with Crippen molar-refractivity contribution in [3.63, 3.8) is 0 Å². The van der Waals surface area contributed by atoms with Crippen LogP contribution in [0.15, 0.2) is 12.1 Å². The first-order valence-corrected chi connectivity index (χ1v) is 8.51. The second kappa shape index (κ2) is 7.56. The molecule has 0 N–H and O–H groups in total. The molecule has 1 aliphatic carbocycles. The maximum atomic E-state index is 6.31. The van der Waals surface area contributed by atoms with E-state index in [2.05, 4.69) is 15.9 Å². The Morgan fingerprint density at radius 2 is 1.95 bits per heavy atom. The van der Waals surface area contributed by atoms with E-state index in [0.29, 0.717) is 10.8 Å². The molecule has 0 aromatic heterocycles. The molecule has 0 radical (unpaired) electrons. The van der Waals surface area contributed by atoms with Crippen LogP contribution in [0, 0.1) is 5.92 Å². The van der Waals surface area contributed by atoms with Crippen molar-refractivity contribution in [2.24, 2.45) is 5.92 Å². The number of halogens is 2. The first-order chi connectivity index (χ1) is 9.67. The number of ether oxygens (including phenoxy) is 2. The molecular formula is C16H22BrClO2. The van der Waals surface area contributed by atoms with E-state index in [1.165, 1.54) is 32.1 Å². The highest BCUT2D eigenvalue weighted by Gasteiger charge is 2.21. The summed E-state index contributed by atoms with van der Waals surface area (Å²) in [4.78, 5) is 0.279. The van der Waals surface area contributed by atoms with Crippen LogP contribution in [0.25, 0.3) is 0 Å². The minimum Gasteiger partial charge on any atom is -0.495 e. The molecule has 112 valence electrons. The summed E-state index contributed by atoms with van der Waals surface area (Å²) in [5.74, 6) is 2.27. The van der Waals surface area contributed by atoms with Crippen LogP contribution >= 0.6 is 27.5 Å². The van der Waals surface area contributed by atoms with Gasteiger partial charge in [-0.3, -0.25) is 0 Å². The molecule has 1 saturated carbocycles. The molecular weight excluding hydrogens is 340 g/mol. The molecule has 1 aromatic carbocycles. The predicted octanol–water partition coefficient (Wildman–Crippen LogP) is 5.76. The zero-order valence-corrected chi connectivity index (χ0v) is 14.5. The minimum absolute atomic E-state index is 0.279. The van der Waals surface area contributed by atoms with Crippen LogP contribution in [0.4, 0.5) is 0 Å². The Hall–Kier alpha value is -0.410. The van der Waals surface area contributed by atoms with E-state index >= 15 is 0 Å². The summed E-state index contributed by atoms with van der Waals surface area (Å²) >= 11 is 10.1. The van der Waals surface area contributed by atoms with Crippen LogP contribution in [-0.4, -0.2) is 14.2 Å². The maximum absolute atomic E-state index is 6.31. The van der Waals surface area contributed by atoms with Gasteiger partial charge in [-0.1, -0.05) is 59.3 Å². The van der Waals surface area contributed by atoms with Crippen LogP contribution in [0.3, 0.4) is 0 Å². The number of methoxy groups -OCH3 is 2. The average molecular weight is 362 g/mol. The van der Waals surface area contributed by atoms with E-state index in [1.807, 2.05) is 12.1 Å². The molecule has 2 nitrogen and oxygen atoms in total. The summed E-state index contributed by atoms with van der Waals surface area (Å²) in [7, 11) is 3.27. The lowest BCUT2D eigenvalue weighted by Gasteiger charge is -2.18. The first kappa shape index (κ1) is 16.0. The van der Waals surface area contributed by atoms with Crippen LogP contribution in [0.2, 0.25) is 5.02 Å². The zero-order valence-electron chi connectivity index (χ0n) is 12.1. The highest BCUT2D eigenvalue weighted by Crippen LogP contribution is 2.44. The van der Waals surface area contributed by atoms with Crippen LogP contribution < -0.4 is 9.47 Å². The van der Waals surface area contributed by atoms with Gasteiger partial charge in [-0.2, -0.15) is 0 Å². The highest BCUT2D eigenvalue weighted by molar-refractivity contribution is 9.09. The molecule has 0 aliphatic heterocycles. The van der Waals surface area contributed by atoms with Gasteiger partial charge in [0.15, 0.2) is 0 Å². The van der Waals surface area contributed by atoms with Gasteiger partial charge in [-0.05, 0) is 24.8 Å². The first-order valence-electron chi connectivity index (χ1n) is 7.21. The van der Waals surface area contributed by atoms with E-state index in [1.54, 1.807) is 14.2 Å². The third kappa shape index (κ3) is 3.62. The number of alkyl halides is 1. The van der Waals surface area contributed by atoms with Crippen molar-refractivity contribution < 1.29 is 9.47 Å². The van der Waals surface area contributed by atoms with Gasteiger partial charge in [0, 0.05) is 10.4 Å². The van der Waals surface area contributed by atoms with E-state index in [0.717, 1.165) is 23.7 Å². The molecule has 0 heterocycles. The highest BCUT2D eigenvalue weighted by atomic mass is 79.9. The fourth-order valence-corrected chi connectivity index (χ4v) is 3.95. The van der Waals surface area contributed by atoms with Crippen molar-refractivity contribution in [3.05, 3.63) is 22.7 Å². The summed E-state index contributed by atoms with van der Waals surface area (Å²) in [5.41, 5.74) is 1.11. The molecule has 1 atom stereocenters. The number of rotatable bonds is 6. The van der Waals surface area contributed by atoms with E-state index < -0.39 is 0 Å². The van der Waals surface area contributed by atoms with Crippen LogP contribution in [-0.2, 0) is 0 Å². The third-order valence-electron chi connectivity index (χ3n) is 4.16. The van der Waals surface area contributed by atoms with Gasteiger partial charge in [0.25, 0.3) is 0 Å². The smallest absolute Gasteiger partial charge is 0.145 e. The summed E-state index contributed by atoms with van der Waals surface area (Å²) < 4.78 is 10.7. The molecule has 1 fully saturated rings. The molecule has 20 heavy (non-hydrogen) atoms. The van der Waals surface area contributed by atoms with Gasteiger partial charge in [0.1, 0.15) is 16.5 Å². The quantitative estimate of drug-likeness (QED) is 0.599. The van der Waals surface area contributed by atoms with Crippen LogP contribution in [0.5, 0.6) is 11.5 Å². The summed E-state index contributed by atoms with van der Waals surface area (Å²) in [6.45, 7) is 0. The summed E-state index contributed by atoms with van der Waals surface area (Å²) in [6, 6.07) is 3.95. The third-order valence-corrected chi connectivity index (χ3v) is 5.47. The lowest BCUT2D eigenvalue weighted by Crippen LogP contribution is -2.00. The monoisotopic (exact) mass is 360 g/mol. The second-order valence-corrected chi connectivity index (χ2v) is 6.88. The normalized spacial score (nSPS) is 17.2. The largest absolute Gasteiger partial charge is 0.495 e. The molecule has 1 unspecified atom stereocenters.